The zero-order valence-electron chi connectivity index (χ0n) is 10.2. The van der Waals surface area contributed by atoms with Crippen LogP contribution in [0.4, 0.5) is 11.5 Å². The van der Waals surface area contributed by atoms with Crippen molar-refractivity contribution in [1.29, 1.82) is 0 Å². The SMILES string of the molecule is Cc1ccsc1CN(C)c1ncccc1[N+](=O)[O-]. The van der Waals surface area contributed by atoms with Crippen molar-refractivity contribution < 1.29 is 4.92 Å². The van der Waals surface area contributed by atoms with Gasteiger partial charge in [-0.05, 0) is 30.0 Å². The van der Waals surface area contributed by atoms with E-state index in [9.17, 15) is 10.1 Å². The van der Waals surface area contributed by atoms with Crippen LogP contribution in [0, 0.1) is 17.0 Å². The number of hydrogen-bond acceptors (Lipinski definition) is 5. The summed E-state index contributed by atoms with van der Waals surface area (Å²) in [6.45, 7) is 2.66. The summed E-state index contributed by atoms with van der Waals surface area (Å²) >= 11 is 1.65. The minimum Gasteiger partial charge on any atom is -0.349 e. The fourth-order valence-corrected chi connectivity index (χ4v) is 2.64. The second-order valence-corrected chi connectivity index (χ2v) is 4.99. The standard InChI is InChI=1S/C12H13N3O2S/c1-9-5-7-18-11(9)8-14(2)12-10(15(16)17)4-3-6-13-12/h3-7H,8H2,1-2H3. The number of hydrogen-bond donors (Lipinski definition) is 0. The van der Waals surface area contributed by atoms with E-state index in [1.165, 1.54) is 16.5 Å². The van der Waals surface area contributed by atoms with Gasteiger partial charge < -0.3 is 4.90 Å². The lowest BCUT2D eigenvalue weighted by molar-refractivity contribution is -0.384. The van der Waals surface area contributed by atoms with Crippen LogP contribution in [-0.4, -0.2) is 17.0 Å². The van der Waals surface area contributed by atoms with Gasteiger partial charge in [-0.2, -0.15) is 0 Å². The normalized spacial score (nSPS) is 10.3. The lowest BCUT2D eigenvalue weighted by atomic mass is 10.3. The Morgan fingerprint density at radius 2 is 2.28 bits per heavy atom. The monoisotopic (exact) mass is 263 g/mol. The lowest BCUT2D eigenvalue weighted by Crippen LogP contribution is -2.18. The molecule has 0 saturated heterocycles. The number of rotatable bonds is 4. The van der Waals surface area contributed by atoms with E-state index in [0.717, 1.165) is 0 Å². The van der Waals surface area contributed by atoms with E-state index >= 15 is 0 Å². The predicted octanol–water partition coefficient (Wildman–Crippen LogP) is 3.00. The molecule has 94 valence electrons. The number of thiophene rings is 1. The highest BCUT2D eigenvalue weighted by Gasteiger charge is 2.18. The van der Waals surface area contributed by atoms with Crippen molar-refractivity contribution in [3.05, 3.63) is 50.3 Å². The molecule has 0 saturated carbocycles. The van der Waals surface area contributed by atoms with E-state index in [1.54, 1.807) is 28.5 Å². The first-order valence-corrected chi connectivity index (χ1v) is 6.31. The Kier molecular flexibility index (Phi) is 3.57. The summed E-state index contributed by atoms with van der Waals surface area (Å²) in [5.74, 6) is 0.398. The molecule has 0 N–H and O–H groups in total. The molecule has 0 amide bonds. The summed E-state index contributed by atoms with van der Waals surface area (Å²) in [6, 6.07) is 5.09. The highest BCUT2D eigenvalue weighted by atomic mass is 32.1. The van der Waals surface area contributed by atoms with E-state index in [4.69, 9.17) is 0 Å². The number of aryl methyl sites for hydroxylation is 1. The van der Waals surface area contributed by atoms with Crippen LogP contribution >= 0.6 is 11.3 Å². The van der Waals surface area contributed by atoms with Crippen LogP contribution in [0.25, 0.3) is 0 Å². The topological polar surface area (TPSA) is 59.3 Å². The quantitative estimate of drug-likeness (QED) is 0.628. The maximum absolute atomic E-state index is 10.9. The number of pyridine rings is 1. The zero-order chi connectivity index (χ0) is 13.1. The smallest absolute Gasteiger partial charge is 0.311 e. The molecule has 0 radical (unpaired) electrons. The van der Waals surface area contributed by atoms with Crippen molar-refractivity contribution >= 4 is 22.8 Å². The number of anilines is 1. The van der Waals surface area contributed by atoms with Crippen LogP contribution < -0.4 is 4.90 Å². The molecule has 0 unspecified atom stereocenters. The molecule has 0 aliphatic rings. The molecule has 2 heterocycles. The minimum absolute atomic E-state index is 0.0363. The van der Waals surface area contributed by atoms with Gasteiger partial charge in [0.05, 0.1) is 11.5 Å². The maximum Gasteiger partial charge on any atom is 0.311 e. The Labute approximate surface area is 109 Å². The van der Waals surface area contributed by atoms with Gasteiger partial charge in [-0.25, -0.2) is 4.98 Å². The van der Waals surface area contributed by atoms with Crippen LogP contribution in [0.3, 0.4) is 0 Å². The molecule has 0 aromatic carbocycles. The predicted molar refractivity (Wildman–Crippen MR) is 72.1 cm³/mol. The first kappa shape index (κ1) is 12.5. The average Bonchev–Trinajstić information content (AvgIpc) is 2.75. The molecule has 0 atom stereocenters. The number of nitrogens with zero attached hydrogens (tertiary/aromatic N) is 3. The van der Waals surface area contributed by atoms with Crippen LogP contribution in [0.1, 0.15) is 10.4 Å². The average molecular weight is 263 g/mol. The largest absolute Gasteiger partial charge is 0.349 e. The van der Waals surface area contributed by atoms with Crippen LogP contribution in [0.5, 0.6) is 0 Å². The van der Waals surface area contributed by atoms with E-state index in [1.807, 2.05) is 25.4 Å². The van der Waals surface area contributed by atoms with E-state index in [-0.39, 0.29) is 5.69 Å². The Bertz CT molecular complexity index is 568. The minimum atomic E-state index is -0.403. The molecule has 0 bridgehead atoms. The van der Waals surface area contributed by atoms with Crippen molar-refractivity contribution in [3.63, 3.8) is 0 Å². The molecule has 2 rings (SSSR count). The third-order valence-electron chi connectivity index (χ3n) is 2.67. The molecular weight excluding hydrogens is 250 g/mol. The molecule has 2 aromatic rings. The Hall–Kier alpha value is -1.95. The second-order valence-electron chi connectivity index (χ2n) is 3.99. The van der Waals surface area contributed by atoms with Gasteiger partial charge in [0.1, 0.15) is 0 Å². The summed E-state index contributed by atoms with van der Waals surface area (Å²) < 4.78 is 0. The summed E-state index contributed by atoms with van der Waals surface area (Å²) in [5.41, 5.74) is 1.24. The third-order valence-corrected chi connectivity index (χ3v) is 3.68. The number of aromatic nitrogens is 1. The van der Waals surface area contributed by atoms with Gasteiger partial charge in [0.25, 0.3) is 0 Å². The molecule has 0 aliphatic heterocycles. The second kappa shape index (κ2) is 5.14. The van der Waals surface area contributed by atoms with Crippen LogP contribution in [0.15, 0.2) is 29.8 Å². The van der Waals surface area contributed by atoms with Crippen molar-refractivity contribution in [2.24, 2.45) is 0 Å². The highest BCUT2D eigenvalue weighted by Crippen LogP contribution is 2.26. The van der Waals surface area contributed by atoms with Crippen molar-refractivity contribution in [1.82, 2.24) is 4.98 Å². The summed E-state index contributed by atoms with van der Waals surface area (Å²) in [7, 11) is 1.81. The molecule has 0 fully saturated rings. The van der Waals surface area contributed by atoms with Crippen LogP contribution in [0.2, 0.25) is 0 Å². The summed E-state index contributed by atoms with van der Waals surface area (Å²) in [4.78, 5) is 17.6. The van der Waals surface area contributed by atoms with Crippen molar-refractivity contribution in [2.75, 3.05) is 11.9 Å². The van der Waals surface area contributed by atoms with Gasteiger partial charge in [0, 0.05) is 24.2 Å². The molecule has 18 heavy (non-hydrogen) atoms. The van der Waals surface area contributed by atoms with Gasteiger partial charge in [-0.3, -0.25) is 10.1 Å². The molecule has 6 heteroatoms. The van der Waals surface area contributed by atoms with Crippen molar-refractivity contribution in [3.8, 4) is 0 Å². The highest BCUT2D eigenvalue weighted by molar-refractivity contribution is 7.10. The fourth-order valence-electron chi connectivity index (χ4n) is 1.68. The Morgan fingerprint density at radius 3 is 2.89 bits per heavy atom. The van der Waals surface area contributed by atoms with Gasteiger partial charge in [-0.1, -0.05) is 0 Å². The molecule has 0 aliphatic carbocycles. The first-order valence-electron chi connectivity index (χ1n) is 5.43. The van der Waals surface area contributed by atoms with Gasteiger partial charge in [0.2, 0.25) is 5.82 Å². The molecule has 5 nitrogen and oxygen atoms in total. The van der Waals surface area contributed by atoms with E-state index in [0.29, 0.717) is 12.4 Å². The molecule has 0 spiro atoms. The maximum atomic E-state index is 10.9. The van der Waals surface area contributed by atoms with Crippen molar-refractivity contribution in [2.45, 2.75) is 13.5 Å². The third kappa shape index (κ3) is 2.48. The van der Waals surface area contributed by atoms with E-state index < -0.39 is 4.92 Å². The lowest BCUT2D eigenvalue weighted by Gasteiger charge is -2.17. The Morgan fingerprint density at radius 1 is 1.50 bits per heavy atom. The van der Waals surface area contributed by atoms with E-state index in [2.05, 4.69) is 4.98 Å². The first-order chi connectivity index (χ1) is 8.59. The van der Waals surface area contributed by atoms with Gasteiger partial charge in [-0.15, -0.1) is 11.3 Å². The molecule has 2 aromatic heterocycles. The van der Waals surface area contributed by atoms with Gasteiger partial charge in [0.15, 0.2) is 0 Å². The number of nitro groups is 1. The zero-order valence-corrected chi connectivity index (χ0v) is 11.0. The molecular formula is C12H13N3O2S. The van der Waals surface area contributed by atoms with Crippen LogP contribution in [-0.2, 0) is 6.54 Å². The fraction of sp³-hybridized carbons (Fsp3) is 0.250. The Balaban J connectivity index is 2.26. The van der Waals surface area contributed by atoms with Gasteiger partial charge >= 0.3 is 5.69 Å². The summed E-state index contributed by atoms with van der Waals surface area (Å²) in [6.07, 6.45) is 1.57. The summed E-state index contributed by atoms with van der Waals surface area (Å²) in [5, 5.41) is 13.0.